The van der Waals surface area contributed by atoms with E-state index in [1.165, 1.54) is 26.4 Å². The predicted octanol–water partition coefficient (Wildman–Crippen LogP) is 1.93. The minimum Gasteiger partial charge on any atom is -0.496 e. The van der Waals surface area contributed by atoms with Crippen molar-refractivity contribution in [3.05, 3.63) is 48.0 Å². The number of carbonyl (C=O) groups excluding carboxylic acids is 1. The molecule has 0 aliphatic rings. The van der Waals surface area contributed by atoms with Crippen molar-refractivity contribution >= 4 is 21.6 Å². The molecular formula is C17H20N2O5S. The van der Waals surface area contributed by atoms with Crippen LogP contribution in [-0.4, -0.2) is 35.1 Å². The van der Waals surface area contributed by atoms with Gasteiger partial charge >= 0.3 is 0 Å². The molecule has 0 unspecified atom stereocenters. The number of hydrogen-bond donors (Lipinski definition) is 2. The van der Waals surface area contributed by atoms with Crippen molar-refractivity contribution in [2.24, 2.45) is 0 Å². The van der Waals surface area contributed by atoms with Crippen molar-refractivity contribution in [2.45, 2.75) is 11.8 Å². The van der Waals surface area contributed by atoms with Gasteiger partial charge in [0.2, 0.25) is 15.9 Å². The zero-order chi connectivity index (χ0) is 18.4. The Hall–Kier alpha value is -2.58. The van der Waals surface area contributed by atoms with Gasteiger partial charge in [0.1, 0.15) is 11.5 Å². The highest BCUT2D eigenvalue weighted by Gasteiger charge is 2.17. The van der Waals surface area contributed by atoms with Crippen molar-refractivity contribution in [1.82, 2.24) is 4.72 Å². The predicted molar refractivity (Wildman–Crippen MR) is 94.5 cm³/mol. The minimum atomic E-state index is -3.81. The van der Waals surface area contributed by atoms with Gasteiger partial charge in [0.25, 0.3) is 0 Å². The normalized spacial score (nSPS) is 11.0. The fraction of sp³-hybridized carbons (Fsp3) is 0.235. The van der Waals surface area contributed by atoms with Crippen LogP contribution in [0.1, 0.15) is 5.56 Å². The fourth-order valence-electron chi connectivity index (χ4n) is 2.20. The molecule has 1 amide bonds. The third kappa shape index (κ3) is 4.71. The topological polar surface area (TPSA) is 93.7 Å². The highest BCUT2D eigenvalue weighted by molar-refractivity contribution is 7.89. The van der Waals surface area contributed by atoms with Crippen LogP contribution in [0.2, 0.25) is 0 Å². The number of methoxy groups -OCH3 is 2. The summed E-state index contributed by atoms with van der Waals surface area (Å²) >= 11 is 0. The van der Waals surface area contributed by atoms with Gasteiger partial charge in [0.15, 0.2) is 0 Å². The number of sulfonamides is 1. The van der Waals surface area contributed by atoms with Crippen LogP contribution in [0.3, 0.4) is 0 Å². The zero-order valence-electron chi connectivity index (χ0n) is 14.2. The summed E-state index contributed by atoms with van der Waals surface area (Å²) in [5.74, 6) is 0.579. The first-order valence-corrected chi connectivity index (χ1v) is 8.93. The lowest BCUT2D eigenvalue weighted by atomic mass is 10.2. The maximum Gasteiger partial charge on any atom is 0.241 e. The second-order valence-corrected chi connectivity index (χ2v) is 6.97. The first kappa shape index (κ1) is 18.8. The van der Waals surface area contributed by atoms with E-state index in [0.29, 0.717) is 22.7 Å². The molecule has 0 heterocycles. The van der Waals surface area contributed by atoms with E-state index < -0.39 is 22.5 Å². The van der Waals surface area contributed by atoms with E-state index >= 15 is 0 Å². The lowest BCUT2D eigenvalue weighted by Crippen LogP contribution is -2.33. The van der Waals surface area contributed by atoms with Crippen LogP contribution in [0.25, 0.3) is 0 Å². The van der Waals surface area contributed by atoms with E-state index in [9.17, 15) is 13.2 Å². The number of benzene rings is 2. The minimum absolute atomic E-state index is 0.0656. The summed E-state index contributed by atoms with van der Waals surface area (Å²) in [5, 5.41) is 2.60. The third-order valence-corrected chi connectivity index (χ3v) is 4.88. The molecule has 0 atom stereocenters. The number of hydrogen-bond acceptors (Lipinski definition) is 5. The molecule has 2 N–H and O–H groups in total. The van der Waals surface area contributed by atoms with Crippen molar-refractivity contribution in [3.63, 3.8) is 0 Å². The average Bonchev–Trinajstić information content (AvgIpc) is 2.60. The number of aryl methyl sites for hydroxylation is 1. The van der Waals surface area contributed by atoms with Crippen LogP contribution in [0.5, 0.6) is 11.5 Å². The van der Waals surface area contributed by atoms with E-state index in [-0.39, 0.29) is 4.90 Å². The molecule has 0 aliphatic carbocycles. The lowest BCUT2D eigenvalue weighted by molar-refractivity contribution is -0.115. The Balaban J connectivity index is 2.04. The average molecular weight is 364 g/mol. The third-order valence-electron chi connectivity index (χ3n) is 3.48. The van der Waals surface area contributed by atoms with E-state index in [0.717, 1.165) is 0 Å². The fourth-order valence-corrected chi connectivity index (χ4v) is 3.27. The largest absolute Gasteiger partial charge is 0.496 e. The van der Waals surface area contributed by atoms with Gasteiger partial charge in [-0.1, -0.05) is 12.1 Å². The smallest absolute Gasteiger partial charge is 0.241 e. The summed E-state index contributed by atoms with van der Waals surface area (Å²) < 4.78 is 37.1. The van der Waals surface area contributed by atoms with Gasteiger partial charge in [0, 0.05) is 0 Å². The molecule has 134 valence electrons. The molecule has 0 saturated heterocycles. The standard InChI is InChI=1S/C17H20N2O5S/c1-12-10-13(8-9-15(12)23-2)25(21,22)18-11-17(20)19-14-6-4-5-7-16(14)24-3/h4-10,18H,11H2,1-3H3,(H,19,20). The van der Waals surface area contributed by atoms with E-state index in [2.05, 4.69) is 10.0 Å². The Kier molecular flexibility index (Phi) is 6.00. The van der Waals surface area contributed by atoms with E-state index in [1.54, 1.807) is 37.3 Å². The van der Waals surface area contributed by atoms with Crippen molar-refractivity contribution < 1.29 is 22.7 Å². The zero-order valence-corrected chi connectivity index (χ0v) is 15.0. The molecule has 0 bridgehead atoms. The van der Waals surface area contributed by atoms with Gasteiger partial charge in [-0.25, -0.2) is 13.1 Å². The van der Waals surface area contributed by atoms with Crippen molar-refractivity contribution in [3.8, 4) is 11.5 Å². The van der Waals surface area contributed by atoms with Crippen LogP contribution in [0.15, 0.2) is 47.4 Å². The molecule has 2 aromatic rings. The SMILES string of the molecule is COc1ccc(S(=O)(=O)NCC(=O)Nc2ccccc2OC)cc1C. The molecule has 0 saturated carbocycles. The number of rotatable bonds is 7. The molecule has 8 heteroatoms. The maximum absolute atomic E-state index is 12.3. The molecule has 25 heavy (non-hydrogen) atoms. The quantitative estimate of drug-likeness (QED) is 0.783. The molecule has 7 nitrogen and oxygen atoms in total. The van der Waals surface area contributed by atoms with Crippen LogP contribution in [0.4, 0.5) is 5.69 Å². The first-order valence-electron chi connectivity index (χ1n) is 7.44. The van der Waals surface area contributed by atoms with Crippen LogP contribution in [-0.2, 0) is 14.8 Å². The van der Waals surface area contributed by atoms with Gasteiger partial charge in [-0.15, -0.1) is 0 Å². The Labute approximate surface area is 147 Å². The number of nitrogens with one attached hydrogen (secondary N) is 2. The van der Waals surface area contributed by atoms with Gasteiger partial charge in [-0.3, -0.25) is 4.79 Å². The first-order chi connectivity index (χ1) is 11.9. The number of carbonyl (C=O) groups is 1. The van der Waals surface area contributed by atoms with Crippen molar-refractivity contribution in [1.29, 1.82) is 0 Å². The molecule has 0 radical (unpaired) electrons. The molecule has 2 aromatic carbocycles. The van der Waals surface area contributed by atoms with Gasteiger partial charge in [0.05, 0.1) is 31.3 Å². The molecule has 0 aliphatic heterocycles. The second kappa shape index (κ2) is 8.00. The molecule has 0 aromatic heterocycles. The highest BCUT2D eigenvalue weighted by atomic mass is 32.2. The Morgan fingerprint density at radius 3 is 2.36 bits per heavy atom. The number of anilines is 1. The van der Waals surface area contributed by atoms with Crippen LogP contribution < -0.4 is 19.5 Å². The Bertz CT molecular complexity index is 865. The molecule has 2 rings (SSSR count). The van der Waals surface area contributed by atoms with E-state index in [1.807, 2.05) is 0 Å². The summed E-state index contributed by atoms with van der Waals surface area (Å²) in [5.41, 5.74) is 1.15. The second-order valence-electron chi connectivity index (χ2n) is 5.20. The monoisotopic (exact) mass is 364 g/mol. The number of amides is 1. The maximum atomic E-state index is 12.3. The Morgan fingerprint density at radius 1 is 1.04 bits per heavy atom. The number of para-hydroxylation sites is 2. The highest BCUT2D eigenvalue weighted by Crippen LogP contribution is 2.23. The molecular weight excluding hydrogens is 344 g/mol. The Morgan fingerprint density at radius 2 is 1.72 bits per heavy atom. The lowest BCUT2D eigenvalue weighted by Gasteiger charge is -2.11. The summed E-state index contributed by atoms with van der Waals surface area (Å²) in [7, 11) is -0.812. The summed E-state index contributed by atoms with van der Waals surface area (Å²) in [4.78, 5) is 12.1. The summed E-state index contributed by atoms with van der Waals surface area (Å²) in [6.45, 7) is 1.34. The van der Waals surface area contributed by atoms with Gasteiger partial charge < -0.3 is 14.8 Å². The summed E-state index contributed by atoms with van der Waals surface area (Å²) in [6.07, 6.45) is 0. The van der Waals surface area contributed by atoms with E-state index in [4.69, 9.17) is 9.47 Å². The van der Waals surface area contributed by atoms with Gasteiger partial charge in [-0.05, 0) is 42.8 Å². The van der Waals surface area contributed by atoms with Crippen molar-refractivity contribution in [2.75, 3.05) is 26.1 Å². The molecule has 0 spiro atoms. The molecule has 0 fully saturated rings. The van der Waals surface area contributed by atoms with Crippen LogP contribution in [0, 0.1) is 6.92 Å². The number of ether oxygens (including phenoxy) is 2. The summed E-state index contributed by atoms with van der Waals surface area (Å²) in [6, 6.07) is 11.3. The van der Waals surface area contributed by atoms with Crippen LogP contribution >= 0.6 is 0 Å². The van der Waals surface area contributed by atoms with Gasteiger partial charge in [-0.2, -0.15) is 0 Å².